The topological polar surface area (TPSA) is 42.0 Å². The average molecular weight is 330 g/mol. The summed E-state index contributed by atoms with van der Waals surface area (Å²) in [7, 11) is 0. The number of rotatable bonds is 4. The zero-order valence-corrected chi connectivity index (χ0v) is 14.2. The van der Waals surface area contributed by atoms with Crippen LogP contribution in [-0.4, -0.2) is 55.9 Å². The molecule has 0 unspecified atom stereocenters. The van der Waals surface area contributed by atoms with Gasteiger partial charge in [0.15, 0.2) is 0 Å². The van der Waals surface area contributed by atoms with Gasteiger partial charge in [-0.2, -0.15) is 0 Å². The Morgan fingerprint density at radius 3 is 3.04 bits per heavy atom. The maximum absolute atomic E-state index is 12.8. The Kier molecular flexibility index (Phi) is 4.83. The first kappa shape index (κ1) is 16.1. The van der Waals surface area contributed by atoms with Crippen LogP contribution in [0.2, 0.25) is 0 Å². The van der Waals surface area contributed by atoms with Crippen LogP contribution in [0.15, 0.2) is 24.3 Å². The number of amides is 1. The maximum Gasteiger partial charge on any atom is 0.253 e. The van der Waals surface area contributed by atoms with Crippen LogP contribution in [0, 0.1) is 0 Å². The van der Waals surface area contributed by atoms with E-state index in [1.807, 2.05) is 11.0 Å². The highest BCUT2D eigenvalue weighted by molar-refractivity contribution is 5.95. The number of carbonyl (C=O) groups is 1. The summed E-state index contributed by atoms with van der Waals surface area (Å²) in [6, 6.07) is 8.76. The zero-order chi connectivity index (χ0) is 16.4. The van der Waals surface area contributed by atoms with Gasteiger partial charge in [-0.05, 0) is 43.9 Å². The van der Waals surface area contributed by atoms with Crippen LogP contribution >= 0.6 is 0 Å². The molecule has 1 aromatic rings. The van der Waals surface area contributed by atoms with E-state index >= 15 is 0 Å². The summed E-state index contributed by atoms with van der Waals surface area (Å²) in [6.07, 6.45) is 4.70. The smallest absolute Gasteiger partial charge is 0.253 e. The largest absolute Gasteiger partial charge is 0.376 e. The highest BCUT2D eigenvalue weighted by Gasteiger charge is 2.33. The van der Waals surface area contributed by atoms with Crippen LogP contribution in [0.3, 0.4) is 0 Å². The van der Waals surface area contributed by atoms with E-state index in [2.05, 4.69) is 23.1 Å². The first-order valence-electron chi connectivity index (χ1n) is 9.13. The monoisotopic (exact) mass is 330 g/mol. The molecule has 1 aromatic carbocycles. The first-order valence-corrected chi connectivity index (χ1v) is 9.13. The van der Waals surface area contributed by atoms with E-state index in [1.165, 1.54) is 18.4 Å². The standard InChI is InChI=1S/C19H26N2O3/c22-19(14-23-13-17-7-4-10-24-17)21-12-16-6-3-9-20(16)11-15-5-1-2-8-18(15)21/h1-2,5,8,16-17H,3-4,6-7,9-14H2/t16-,17+/m1/s1. The Morgan fingerprint density at radius 1 is 1.25 bits per heavy atom. The van der Waals surface area contributed by atoms with Crippen molar-refractivity contribution in [3.63, 3.8) is 0 Å². The molecule has 0 spiro atoms. The number of anilines is 1. The lowest BCUT2D eigenvalue weighted by Gasteiger charge is -2.26. The van der Waals surface area contributed by atoms with Gasteiger partial charge in [0, 0.05) is 31.4 Å². The summed E-state index contributed by atoms with van der Waals surface area (Å²) < 4.78 is 11.2. The summed E-state index contributed by atoms with van der Waals surface area (Å²) >= 11 is 0. The van der Waals surface area contributed by atoms with Crippen molar-refractivity contribution in [2.75, 3.05) is 37.8 Å². The molecule has 2 atom stereocenters. The molecule has 0 radical (unpaired) electrons. The fourth-order valence-corrected chi connectivity index (χ4v) is 4.11. The SMILES string of the molecule is O=C(COC[C@@H]1CCCO1)N1C[C@H]2CCCN2Cc2ccccc21. The minimum Gasteiger partial charge on any atom is -0.376 e. The second-order valence-electron chi connectivity index (χ2n) is 7.05. The summed E-state index contributed by atoms with van der Waals surface area (Å²) in [5.74, 6) is 0.0641. The summed E-state index contributed by atoms with van der Waals surface area (Å²) in [4.78, 5) is 17.3. The molecule has 1 amide bonds. The van der Waals surface area contributed by atoms with Gasteiger partial charge in [0.05, 0.1) is 12.7 Å². The van der Waals surface area contributed by atoms with Crippen LogP contribution < -0.4 is 4.90 Å². The Balaban J connectivity index is 1.44. The minimum atomic E-state index is 0.0641. The number of ether oxygens (including phenoxy) is 2. The Labute approximate surface area is 143 Å². The molecule has 0 saturated carbocycles. The van der Waals surface area contributed by atoms with Gasteiger partial charge in [0.1, 0.15) is 6.61 Å². The number of fused-ring (bicyclic) bond motifs is 2. The summed E-state index contributed by atoms with van der Waals surface area (Å²) in [5.41, 5.74) is 2.30. The van der Waals surface area contributed by atoms with Gasteiger partial charge in [0.25, 0.3) is 5.91 Å². The molecule has 5 heteroatoms. The van der Waals surface area contributed by atoms with Gasteiger partial charge >= 0.3 is 0 Å². The first-order chi connectivity index (χ1) is 11.8. The van der Waals surface area contributed by atoms with E-state index in [-0.39, 0.29) is 18.6 Å². The molecule has 2 saturated heterocycles. The van der Waals surface area contributed by atoms with Crippen LogP contribution in [0.25, 0.3) is 0 Å². The van der Waals surface area contributed by atoms with Crippen LogP contribution in [-0.2, 0) is 20.8 Å². The van der Waals surface area contributed by atoms with Crippen molar-refractivity contribution in [1.29, 1.82) is 0 Å². The number of benzene rings is 1. The van der Waals surface area contributed by atoms with Crippen molar-refractivity contribution in [2.24, 2.45) is 0 Å². The molecule has 24 heavy (non-hydrogen) atoms. The lowest BCUT2D eigenvalue weighted by atomic mass is 10.1. The van der Waals surface area contributed by atoms with Gasteiger partial charge in [0.2, 0.25) is 0 Å². The highest BCUT2D eigenvalue weighted by atomic mass is 16.5. The number of para-hydroxylation sites is 1. The molecule has 0 aromatic heterocycles. The highest BCUT2D eigenvalue weighted by Crippen LogP contribution is 2.31. The fraction of sp³-hybridized carbons (Fsp3) is 0.632. The molecule has 0 bridgehead atoms. The Hall–Kier alpha value is -1.43. The average Bonchev–Trinajstić information content (AvgIpc) is 3.23. The molecule has 4 rings (SSSR count). The Bertz CT molecular complexity index is 586. The van der Waals surface area contributed by atoms with Gasteiger partial charge in [-0.3, -0.25) is 9.69 Å². The molecular formula is C19H26N2O3. The maximum atomic E-state index is 12.8. The van der Waals surface area contributed by atoms with E-state index in [4.69, 9.17) is 9.47 Å². The molecule has 3 heterocycles. The third kappa shape index (κ3) is 3.34. The van der Waals surface area contributed by atoms with Gasteiger partial charge in [-0.15, -0.1) is 0 Å². The fourth-order valence-electron chi connectivity index (χ4n) is 4.11. The lowest BCUT2D eigenvalue weighted by Crippen LogP contribution is -2.42. The molecule has 0 aliphatic carbocycles. The Morgan fingerprint density at radius 2 is 2.17 bits per heavy atom. The van der Waals surface area contributed by atoms with Crippen molar-refractivity contribution < 1.29 is 14.3 Å². The zero-order valence-electron chi connectivity index (χ0n) is 14.2. The van der Waals surface area contributed by atoms with Crippen LogP contribution in [0.5, 0.6) is 0 Å². The number of hydrogen-bond acceptors (Lipinski definition) is 4. The predicted molar refractivity (Wildman–Crippen MR) is 92.0 cm³/mol. The van der Waals surface area contributed by atoms with Crippen molar-refractivity contribution in [3.8, 4) is 0 Å². The van der Waals surface area contributed by atoms with Gasteiger partial charge < -0.3 is 14.4 Å². The lowest BCUT2D eigenvalue weighted by molar-refractivity contribution is -0.124. The van der Waals surface area contributed by atoms with Crippen molar-refractivity contribution in [1.82, 2.24) is 4.90 Å². The van der Waals surface area contributed by atoms with Crippen molar-refractivity contribution in [2.45, 2.75) is 44.4 Å². The summed E-state index contributed by atoms with van der Waals surface area (Å²) in [5, 5.41) is 0. The second-order valence-corrected chi connectivity index (χ2v) is 7.05. The number of nitrogens with zero attached hydrogens (tertiary/aromatic N) is 2. The van der Waals surface area contributed by atoms with E-state index < -0.39 is 0 Å². The van der Waals surface area contributed by atoms with E-state index in [0.29, 0.717) is 12.6 Å². The van der Waals surface area contributed by atoms with Gasteiger partial charge in [-0.1, -0.05) is 18.2 Å². The summed E-state index contributed by atoms with van der Waals surface area (Å²) in [6.45, 7) is 4.34. The van der Waals surface area contributed by atoms with E-state index in [1.54, 1.807) is 0 Å². The van der Waals surface area contributed by atoms with Crippen molar-refractivity contribution in [3.05, 3.63) is 29.8 Å². The molecule has 5 nitrogen and oxygen atoms in total. The third-order valence-electron chi connectivity index (χ3n) is 5.40. The predicted octanol–water partition coefficient (Wildman–Crippen LogP) is 2.19. The van der Waals surface area contributed by atoms with Crippen LogP contribution in [0.1, 0.15) is 31.2 Å². The normalized spacial score (nSPS) is 26.9. The molecule has 3 aliphatic rings. The van der Waals surface area contributed by atoms with E-state index in [9.17, 15) is 4.79 Å². The van der Waals surface area contributed by atoms with Gasteiger partial charge in [-0.25, -0.2) is 0 Å². The number of carbonyl (C=O) groups excluding carboxylic acids is 1. The number of hydrogen-bond donors (Lipinski definition) is 0. The molecule has 0 N–H and O–H groups in total. The third-order valence-corrected chi connectivity index (χ3v) is 5.40. The van der Waals surface area contributed by atoms with Crippen LogP contribution in [0.4, 0.5) is 5.69 Å². The molecular weight excluding hydrogens is 304 g/mol. The molecule has 130 valence electrons. The quantitative estimate of drug-likeness (QED) is 0.849. The second kappa shape index (κ2) is 7.21. The molecule has 3 aliphatic heterocycles. The molecule has 2 fully saturated rings. The minimum absolute atomic E-state index is 0.0641. The van der Waals surface area contributed by atoms with E-state index in [0.717, 1.165) is 44.8 Å². The van der Waals surface area contributed by atoms with Crippen molar-refractivity contribution >= 4 is 11.6 Å².